The Bertz CT molecular complexity index is 525. The van der Waals surface area contributed by atoms with Crippen LogP contribution in [0, 0.1) is 5.82 Å². The molecule has 0 saturated carbocycles. The zero-order valence-corrected chi connectivity index (χ0v) is 12.5. The van der Waals surface area contributed by atoms with Gasteiger partial charge in [-0.15, -0.1) is 0 Å². The summed E-state index contributed by atoms with van der Waals surface area (Å²) in [5, 5.41) is 0. The van der Waals surface area contributed by atoms with Crippen molar-refractivity contribution in [1.82, 2.24) is 0 Å². The van der Waals surface area contributed by atoms with Crippen molar-refractivity contribution in [3.8, 4) is 0 Å². The van der Waals surface area contributed by atoms with Crippen molar-refractivity contribution in [2.45, 2.75) is 25.8 Å². The molecule has 2 nitrogen and oxygen atoms in total. The number of nitrogens with zero attached hydrogens (tertiary/aromatic N) is 1. The van der Waals surface area contributed by atoms with Crippen molar-refractivity contribution in [3.63, 3.8) is 0 Å². The molecule has 112 valence electrons. The summed E-state index contributed by atoms with van der Waals surface area (Å²) in [6.07, 6.45) is 2.28. The molecule has 2 rings (SSSR count). The molecule has 0 aromatic heterocycles. The average Bonchev–Trinajstić information content (AvgIpc) is 2.52. The highest BCUT2D eigenvalue weighted by molar-refractivity contribution is 5.46. The molecule has 0 aliphatic heterocycles. The van der Waals surface area contributed by atoms with E-state index in [2.05, 4.69) is 24.0 Å². The summed E-state index contributed by atoms with van der Waals surface area (Å²) in [7, 11) is 0. The summed E-state index contributed by atoms with van der Waals surface area (Å²) in [6.45, 7) is 3.90. The van der Waals surface area contributed by atoms with E-state index < -0.39 is 0 Å². The van der Waals surface area contributed by atoms with Gasteiger partial charge in [-0.3, -0.25) is 0 Å². The van der Waals surface area contributed by atoms with Crippen molar-refractivity contribution in [1.29, 1.82) is 0 Å². The standard InChI is InChI=1S/C18H23FN2/c1-2-3-13-21(17-7-5-4-6-8-17)14-18(20)15-9-11-16(19)12-10-15/h4-12,18H,2-3,13-14,20H2,1H3. The minimum atomic E-state index is -0.225. The van der Waals surface area contributed by atoms with Gasteiger partial charge < -0.3 is 10.6 Å². The molecule has 0 radical (unpaired) electrons. The van der Waals surface area contributed by atoms with Crippen LogP contribution in [0.5, 0.6) is 0 Å². The zero-order valence-electron chi connectivity index (χ0n) is 12.5. The number of para-hydroxylation sites is 1. The maximum Gasteiger partial charge on any atom is 0.123 e. The summed E-state index contributed by atoms with van der Waals surface area (Å²) in [4.78, 5) is 2.30. The third-order valence-electron chi connectivity index (χ3n) is 3.62. The number of hydrogen-bond acceptors (Lipinski definition) is 2. The number of anilines is 1. The number of halogens is 1. The van der Waals surface area contributed by atoms with E-state index >= 15 is 0 Å². The van der Waals surface area contributed by atoms with Crippen LogP contribution in [-0.4, -0.2) is 13.1 Å². The summed E-state index contributed by atoms with van der Waals surface area (Å²) < 4.78 is 13.0. The van der Waals surface area contributed by atoms with Crippen LogP contribution in [-0.2, 0) is 0 Å². The van der Waals surface area contributed by atoms with Gasteiger partial charge in [-0.05, 0) is 36.2 Å². The predicted molar refractivity (Wildman–Crippen MR) is 86.9 cm³/mol. The molecule has 0 amide bonds. The van der Waals surface area contributed by atoms with Crippen molar-refractivity contribution in [2.75, 3.05) is 18.0 Å². The lowest BCUT2D eigenvalue weighted by molar-refractivity contribution is 0.619. The van der Waals surface area contributed by atoms with Gasteiger partial charge in [0.2, 0.25) is 0 Å². The topological polar surface area (TPSA) is 29.3 Å². The first kappa shape index (κ1) is 15.5. The van der Waals surface area contributed by atoms with E-state index in [1.165, 1.54) is 17.8 Å². The van der Waals surface area contributed by atoms with Crippen LogP contribution < -0.4 is 10.6 Å². The molecule has 1 unspecified atom stereocenters. The number of unbranched alkanes of at least 4 members (excludes halogenated alkanes) is 1. The van der Waals surface area contributed by atoms with E-state index in [1.807, 2.05) is 18.2 Å². The minimum Gasteiger partial charge on any atom is -0.370 e. The summed E-state index contributed by atoms with van der Waals surface area (Å²) in [5.41, 5.74) is 8.44. The Morgan fingerprint density at radius 2 is 1.71 bits per heavy atom. The van der Waals surface area contributed by atoms with Gasteiger partial charge in [0.25, 0.3) is 0 Å². The molecular formula is C18H23FN2. The van der Waals surface area contributed by atoms with Gasteiger partial charge in [-0.1, -0.05) is 43.7 Å². The van der Waals surface area contributed by atoms with Crippen LogP contribution in [0.2, 0.25) is 0 Å². The van der Waals surface area contributed by atoms with E-state index in [1.54, 1.807) is 12.1 Å². The Kier molecular flexibility index (Phi) is 5.76. The number of rotatable bonds is 7. The van der Waals surface area contributed by atoms with Crippen molar-refractivity contribution in [3.05, 3.63) is 66.0 Å². The maximum atomic E-state index is 13.0. The molecular weight excluding hydrogens is 263 g/mol. The largest absolute Gasteiger partial charge is 0.370 e. The van der Waals surface area contributed by atoms with Gasteiger partial charge in [0.1, 0.15) is 5.82 Å². The van der Waals surface area contributed by atoms with Crippen molar-refractivity contribution >= 4 is 5.69 Å². The zero-order chi connectivity index (χ0) is 15.1. The van der Waals surface area contributed by atoms with E-state index in [0.29, 0.717) is 0 Å². The Balaban J connectivity index is 2.09. The fourth-order valence-corrected chi connectivity index (χ4v) is 2.37. The van der Waals surface area contributed by atoms with Crippen LogP contribution in [0.4, 0.5) is 10.1 Å². The lowest BCUT2D eigenvalue weighted by Gasteiger charge is -2.28. The van der Waals surface area contributed by atoms with E-state index in [9.17, 15) is 4.39 Å². The molecule has 3 heteroatoms. The first-order chi connectivity index (χ1) is 10.2. The van der Waals surface area contributed by atoms with Crippen molar-refractivity contribution < 1.29 is 4.39 Å². The summed E-state index contributed by atoms with van der Waals surface area (Å²) in [6, 6.07) is 16.6. The molecule has 0 aliphatic carbocycles. The number of benzene rings is 2. The van der Waals surface area contributed by atoms with E-state index in [0.717, 1.165) is 31.5 Å². The quantitative estimate of drug-likeness (QED) is 0.829. The summed E-state index contributed by atoms with van der Waals surface area (Å²) in [5.74, 6) is -0.225. The second kappa shape index (κ2) is 7.79. The highest BCUT2D eigenvalue weighted by atomic mass is 19.1. The smallest absolute Gasteiger partial charge is 0.123 e. The molecule has 0 saturated heterocycles. The third kappa shape index (κ3) is 4.57. The van der Waals surface area contributed by atoms with Crippen LogP contribution in [0.3, 0.4) is 0 Å². The van der Waals surface area contributed by atoms with Gasteiger partial charge in [0, 0.05) is 24.8 Å². The Morgan fingerprint density at radius 1 is 1.05 bits per heavy atom. The SMILES string of the molecule is CCCCN(CC(N)c1ccc(F)cc1)c1ccccc1. The van der Waals surface area contributed by atoms with Crippen LogP contribution in [0.25, 0.3) is 0 Å². The second-order valence-corrected chi connectivity index (χ2v) is 5.29. The highest BCUT2D eigenvalue weighted by Crippen LogP contribution is 2.19. The first-order valence-corrected chi connectivity index (χ1v) is 7.51. The van der Waals surface area contributed by atoms with Gasteiger partial charge in [-0.25, -0.2) is 4.39 Å². The third-order valence-corrected chi connectivity index (χ3v) is 3.62. The van der Waals surface area contributed by atoms with Gasteiger partial charge >= 0.3 is 0 Å². The minimum absolute atomic E-state index is 0.123. The molecule has 1 atom stereocenters. The van der Waals surface area contributed by atoms with Crippen LogP contribution in [0.15, 0.2) is 54.6 Å². The Morgan fingerprint density at radius 3 is 2.33 bits per heavy atom. The molecule has 0 fully saturated rings. The average molecular weight is 286 g/mol. The van der Waals surface area contributed by atoms with E-state index in [4.69, 9.17) is 5.73 Å². The van der Waals surface area contributed by atoms with Gasteiger partial charge in [0.15, 0.2) is 0 Å². The molecule has 0 spiro atoms. The monoisotopic (exact) mass is 286 g/mol. The predicted octanol–water partition coefficient (Wildman–Crippen LogP) is 4.13. The molecule has 0 heterocycles. The normalized spacial score (nSPS) is 12.1. The Labute approximate surface area is 126 Å². The molecule has 2 aromatic carbocycles. The molecule has 0 aliphatic rings. The maximum absolute atomic E-state index is 13.0. The fourth-order valence-electron chi connectivity index (χ4n) is 2.37. The van der Waals surface area contributed by atoms with Crippen LogP contribution in [0.1, 0.15) is 31.4 Å². The number of hydrogen-bond donors (Lipinski definition) is 1. The summed E-state index contributed by atoms with van der Waals surface area (Å²) >= 11 is 0. The molecule has 21 heavy (non-hydrogen) atoms. The first-order valence-electron chi connectivity index (χ1n) is 7.51. The number of nitrogens with two attached hydrogens (primary N) is 1. The lowest BCUT2D eigenvalue weighted by Crippen LogP contribution is -2.33. The fraction of sp³-hybridized carbons (Fsp3) is 0.333. The van der Waals surface area contributed by atoms with Crippen LogP contribution >= 0.6 is 0 Å². The van der Waals surface area contributed by atoms with Crippen molar-refractivity contribution in [2.24, 2.45) is 5.73 Å². The lowest BCUT2D eigenvalue weighted by atomic mass is 10.1. The van der Waals surface area contributed by atoms with Gasteiger partial charge in [0.05, 0.1) is 0 Å². The molecule has 2 aromatic rings. The Hall–Kier alpha value is -1.87. The van der Waals surface area contributed by atoms with Gasteiger partial charge in [-0.2, -0.15) is 0 Å². The molecule has 0 bridgehead atoms. The van der Waals surface area contributed by atoms with E-state index in [-0.39, 0.29) is 11.9 Å². The highest BCUT2D eigenvalue weighted by Gasteiger charge is 2.12. The molecule has 2 N–H and O–H groups in total. The second-order valence-electron chi connectivity index (χ2n) is 5.29.